The summed E-state index contributed by atoms with van der Waals surface area (Å²) in [7, 11) is 0. The van der Waals surface area contributed by atoms with Crippen molar-refractivity contribution in [3.63, 3.8) is 0 Å². The second-order valence-corrected chi connectivity index (χ2v) is 9.09. The first-order valence-electron chi connectivity index (χ1n) is 13.4. The predicted octanol–water partition coefficient (Wildman–Crippen LogP) is 7.16. The minimum atomic E-state index is -4.74. The van der Waals surface area contributed by atoms with Crippen molar-refractivity contribution in [2.45, 2.75) is 71.0 Å². The molecular formula is C27H46F3N5O3S. The molecule has 0 bridgehead atoms. The van der Waals surface area contributed by atoms with Crippen molar-refractivity contribution in [1.82, 2.24) is 10.6 Å². The number of rotatable bonds is 10. The number of ether oxygens (including phenoxy) is 2. The first-order valence-corrected chi connectivity index (χ1v) is 14.3. The van der Waals surface area contributed by atoms with E-state index in [0.29, 0.717) is 37.6 Å². The summed E-state index contributed by atoms with van der Waals surface area (Å²) >= 11 is 1.46. The lowest BCUT2D eigenvalue weighted by Crippen LogP contribution is -2.51. The fourth-order valence-electron chi connectivity index (χ4n) is 3.92. The molecule has 2 aromatic carbocycles. The van der Waals surface area contributed by atoms with Crippen LogP contribution in [0, 0.1) is 0 Å². The highest BCUT2D eigenvalue weighted by molar-refractivity contribution is 8.00. The van der Waals surface area contributed by atoms with Gasteiger partial charge in [-0.05, 0) is 43.7 Å². The number of hydrogen-bond donors (Lipinski definition) is 4. The molecule has 2 aliphatic rings. The minimum Gasteiger partial charge on any atom is -0.406 e. The van der Waals surface area contributed by atoms with Gasteiger partial charge in [-0.25, -0.2) is 0 Å². The number of hydrogen-bond acceptors (Lipinski definition) is 8. The first-order chi connectivity index (χ1) is 18.8. The van der Waals surface area contributed by atoms with Gasteiger partial charge in [-0.2, -0.15) is 0 Å². The zero-order valence-electron chi connectivity index (χ0n) is 23.4. The molecule has 39 heavy (non-hydrogen) atoms. The molecule has 4 N–H and O–H groups in total. The van der Waals surface area contributed by atoms with Crippen molar-refractivity contribution < 1.29 is 31.7 Å². The number of alkyl halides is 3. The van der Waals surface area contributed by atoms with E-state index in [-0.39, 0.29) is 27.7 Å². The van der Waals surface area contributed by atoms with Gasteiger partial charge in [0.25, 0.3) is 5.91 Å². The van der Waals surface area contributed by atoms with Gasteiger partial charge < -0.3 is 30.3 Å². The first kappa shape index (κ1) is 32.4. The summed E-state index contributed by atoms with van der Waals surface area (Å²) in [4.78, 5) is 15.4. The van der Waals surface area contributed by atoms with Gasteiger partial charge in [-0.15, -0.1) is 13.2 Å². The fraction of sp³-hybridized carbons (Fsp3) is 0.519. The molecule has 8 nitrogen and oxygen atoms in total. The molecule has 2 aliphatic heterocycles. The Morgan fingerprint density at radius 2 is 1.79 bits per heavy atom. The zero-order chi connectivity index (χ0) is 29.0. The van der Waals surface area contributed by atoms with E-state index in [9.17, 15) is 18.0 Å². The van der Waals surface area contributed by atoms with Gasteiger partial charge in [0.15, 0.2) is 6.29 Å². The van der Waals surface area contributed by atoms with Crippen LogP contribution in [0.15, 0.2) is 41.3 Å². The maximum atomic E-state index is 12.5. The van der Waals surface area contributed by atoms with Crippen LogP contribution in [0.4, 0.5) is 30.2 Å². The fourth-order valence-corrected chi connectivity index (χ4v) is 4.94. The minimum absolute atomic E-state index is 0. The SMILES string of the molecule is CC.CC.CCCOCCNC(=O)c1ccc2c(c1)NC(NC1Nc3cc(OC(F)(F)F)ccc3S1)N2CC.[HH].[HH].[HH]. The standard InChI is InChI=1S/C23H28F3N5O3S.2C2H6.3H2/c1-3-10-33-11-9-27-20(32)14-5-7-18-16(12-14)28-21(31(18)4-2)30-22-29-17-13-15(34-23(24,25)26)6-8-19(17)35-22;2*1-2;;;/h5-8,12-13,21-22,28-30H,3-4,9-11H2,1-2H3,(H,27,32);2*1-2H3;3*1H. The van der Waals surface area contributed by atoms with Crippen LogP contribution in [-0.2, 0) is 4.74 Å². The molecule has 0 spiro atoms. The number of carbonyl (C=O) groups excluding carboxylic acids is 1. The van der Waals surface area contributed by atoms with E-state index >= 15 is 0 Å². The van der Waals surface area contributed by atoms with E-state index in [0.717, 1.165) is 22.7 Å². The Morgan fingerprint density at radius 1 is 1.05 bits per heavy atom. The molecule has 0 radical (unpaired) electrons. The molecule has 2 unspecified atom stereocenters. The zero-order valence-corrected chi connectivity index (χ0v) is 24.2. The Kier molecular flexibility index (Phi) is 13.0. The van der Waals surface area contributed by atoms with Crippen LogP contribution in [0.3, 0.4) is 0 Å². The van der Waals surface area contributed by atoms with E-state index in [4.69, 9.17) is 4.74 Å². The van der Waals surface area contributed by atoms with E-state index in [2.05, 4.69) is 30.9 Å². The van der Waals surface area contributed by atoms with Gasteiger partial charge in [0.2, 0.25) is 0 Å². The molecule has 12 heteroatoms. The number of anilines is 3. The number of nitrogens with one attached hydrogen (secondary N) is 4. The molecule has 1 amide bonds. The Bertz CT molecular complexity index is 1070. The van der Waals surface area contributed by atoms with E-state index < -0.39 is 6.36 Å². The number of carbonyl (C=O) groups is 1. The van der Waals surface area contributed by atoms with Crippen LogP contribution < -0.4 is 30.9 Å². The summed E-state index contributed by atoms with van der Waals surface area (Å²) in [5, 5.41) is 12.9. The van der Waals surface area contributed by atoms with Crippen molar-refractivity contribution in [3.8, 4) is 5.75 Å². The maximum absolute atomic E-state index is 12.5. The monoisotopic (exact) mass is 577 g/mol. The van der Waals surface area contributed by atoms with Gasteiger partial charge in [0.1, 0.15) is 11.2 Å². The van der Waals surface area contributed by atoms with Crippen molar-refractivity contribution in [3.05, 3.63) is 42.0 Å². The molecule has 0 fully saturated rings. The average molecular weight is 578 g/mol. The molecule has 0 saturated carbocycles. The van der Waals surface area contributed by atoms with Gasteiger partial charge in [0, 0.05) is 40.5 Å². The number of halogens is 3. The normalized spacial score (nSPS) is 16.9. The summed E-state index contributed by atoms with van der Waals surface area (Å²) < 4.78 is 47.0. The Labute approximate surface area is 237 Å². The third kappa shape index (κ3) is 9.11. The summed E-state index contributed by atoms with van der Waals surface area (Å²) in [5.41, 5.74) is 2.60. The third-order valence-electron chi connectivity index (χ3n) is 5.42. The molecule has 0 aromatic heterocycles. The summed E-state index contributed by atoms with van der Waals surface area (Å²) in [5.74, 6) is -0.441. The van der Waals surface area contributed by atoms with Crippen LogP contribution in [0.1, 0.15) is 62.6 Å². The Hall–Kier alpha value is -2.83. The molecule has 0 aliphatic carbocycles. The van der Waals surface area contributed by atoms with Crippen LogP contribution in [0.5, 0.6) is 5.75 Å². The summed E-state index contributed by atoms with van der Waals surface area (Å²) in [6, 6.07) is 9.74. The number of amides is 1. The topological polar surface area (TPSA) is 86.9 Å². The molecule has 2 aromatic rings. The van der Waals surface area contributed by atoms with Crippen molar-refractivity contribution in [2.24, 2.45) is 0 Å². The molecule has 4 rings (SSSR count). The van der Waals surface area contributed by atoms with E-state index in [1.54, 1.807) is 12.1 Å². The number of fused-ring (bicyclic) bond motifs is 2. The second-order valence-electron chi connectivity index (χ2n) is 7.95. The summed E-state index contributed by atoms with van der Waals surface area (Å²) in [6.07, 6.45) is -4.08. The lowest BCUT2D eigenvalue weighted by atomic mass is 10.1. The smallest absolute Gasteiger partial charge is 0.406 e. The highest BCUT2D eigenvalue weighted by Crippen LogP contribution is 2.41. The average Bonchev–Trinajstić information content (AvgIpc) is 3.48. The molecule has 2 atom stereocenters. The number of thioether (sulfide) groups is 1. The lowest BCUT2D eigenvalue weighted by molar-refractivity contribution is -0.274. The van der Waals surface area contributed by atoms with Gasteiger partial charge in [-0.1, -0.05) is 46.4 Å². The third-order valence-corrected chi connectivity index (χ3v) is 6.52. The Balaban J connectivity index is 0. The largest absolute Gasteiger partial charge is 0.573 e. The molecule has 224 valence electrons. The highest BCUT2D eigenvalue weighted by atomic mass is 32.2. The van der Waals surface area contributed by atoms with Crippen molar-refractivity contribution >= 4 is 34.7 Å². The summed E-state index contributed by atoms with van der Waals surface area (Å²) in [6.45, 7) is 14.3. The van der Waals surface area contributed by atoms with Crippen LogP contribution in [0.25, 0.3) is 0 Å². The molecule has 0 saturated heterocycles. The Morgan fingerprint density at radius 3 is 2.46 bits per heavy atom. The quantitative estimate of drug-likeness (QED) is 0.221. The van der Waals surface area contributed by atoms with Crippen molar-refractivity contribution in [1.29, 1.82) is 0 Å². The highest BCUT2D eigenvalue weighted by Gasteiger charge is 2.34. The van der Waals surface area contributed by atoms with Crippen LogP contribution in [-0.4, -0.2) is 50.4 Å². The van der Waals surface area contributed by atoms with Gasteiger partial charge in [0.05, 0.1) is 23.7 Å². The van der Waals surface area contributed by atoms with Crippen LogP contribution >= 0.6 is 11.8 Å². The molecular weight excluding hydrogens is 531 g/mol. The van der Waals surface area contributed by atoms with Crippen molar-refractivity contribution in [2.75, 3.05) is 41.8 Å². The number of nitrogens with zero attached hydrogens (tertiary/aromatic N) is 1. The van der Waals surface area contributed by atoms with E-state index in [1.807, 2.05) is 53.7 Å². The maximum Gasteiger partial charge on any atom is 0.573 e. The van der Waals surface area contributed by atoms with Gasteiger partial charge in [-0.3, -0.25) is 10.1 Å². The predicted molar refractivity (Wildman–Crippen MR) is 159 cm³/mol. The van der Waals surface area contributed by atoms with Crippen LogP contribution in [0.2, 0.25) is 0 Å². The second kappa shape index (κ2) is 15.7. The lowest BCUT2D eigenvalue weighted by Gasteiger charge is -2.28. The van der Waals surface area contributed by atoms with Gasteiger partial charge >= 0.3 is 6.36 Å². The molecule has 2 heterocycles. The van der Waals surface area contributed by atoms with E-state index in [1.165, 1.54) is 23.9 Å². The number of benzene rings is 2.